The molecule has 1 aromatic carbocycles. The van der Waals surface area contributed by atoms with Crippen LogP contribution in [0.25, 0.3) is 0 Å². The molecule has 0 nitrogen and oxygen atoms in total. The van der Waals surface area contributed by atoms with Crippen molar-refractivity contribution >= 4 is 11.6 Å². The van der Waals surface area contributed by atoms with Gasteiger partial charge in [0.1, 0.15) is 0 Å². The van der Waals surface area contributed by atoms with Crippen LogP contribution in [-0.2, 0) is 4.87 Å². The molecule has 0 aromatic heterocycles. The first-order valence-corrected chi connectivity index (χ1v) is 6.32. The van der Waals surface area contributed by atoms with Crippen molar-refractivity contribution in [3.05, 3.63) is 35.9 Å². The summed E-state index contributed by atoms with van der Waals surface area (Å²) in [5, 5.41) is 0. The lowest BCUT2D eigenvalue weighted by Crippen LogP contribution is -2.09. The fraction of sp³-hybridized carbons (Fsp3) is 0.571. The molecular formula is C14H17Cl. The molecule has 0 amide bonds. The zero-order chi connectivity index (χ0) is 10.5. The summed E-state index contributed by atoms with van der Waals surface area (Å²) in [6.45, 7) is 2.37. The number of rotatable bonds is 1. The van der Waals surface area contributed by atoms with Gasteiger partial charge in [-0.05, 0) is 29.7 Å². The third-order valence-corrected chi connectivity index (χ3v) is 5.54. The normalized spacial score (nSPS) is 43.5. The van der Waals surface area contributed by atoms with Crippen molar-refractivity contribution in [2.75, 3.05) is 0 Å². The zero-order valence-electron chi connectivity index (χ0n) is 9.17. The molecule has 3 atom stereocenters. The average molecular weight is 221 g/mol. The highest BCUT2D eigenvalue weighted by Crippen LogP contribution is 2.77. The van der Waals surface area contributed by atoms with Crippen LogP contribution in [0.4, 0.5) is 0 Å². The molecule has 15 heavy (non-hydrogen) atoms. The van der Waals surface area contributed by atoms with Crippen LogP contribution in [0.3, 0.4) is 0 Å². The first-order chi connectivity index (χ1) is 7.19. The third-order valence-electron chi connectivity index (χ3n) is 4.63. The predicted molar refractivity (Wildman–Crippen MR) is 64.0 cm³/mol. The second kappa shape index (κ2) is 3.01. The first-order valence-electron chi connectivity index (χ1n) is 5.94. The summed E-state index contributed by atoms with van der Waals surface area (Å²) in [7, 11) is 0. The van der Waals surface area contributed by atoms with Crippen molar-refractivity contribution < 1.29 is 0 Å². The van der Waals surface area contributed by atoms with E-state index in [1.54, 1.807) is 0 Å². The van der Waals surface area contributed by atoms with Gasteiger partial charge in [-0.3, -0.25) is 0 Å². The van der Waals surface area contributed by atoms with E-state index in [1.165, 1.54) is 31.2 Å². The Morgan fingerprint density at radius 3 is 2.53 bits per heavy atom. The molecule has 0 unspecified atom stereocenters. The van der Waals surface area contributed by atoms with E-state index in [1.807, 2.05) is 0 Å². The summed E-state index contributed by atoms with van der Waals surface area (Å²) >= 11 is 6.88. The standard InChI is InChI=1S/C14H17Cl/c1-13-10-6-5-9-12(13)14(13,15)11-7-3-2-4-8-11/h2-4,7-8,12H,5-6,9-10H2,1H3/t12-,13+,14-/m1/s1. The molecule has 3 rings (SSSR count). The van der Waals surface area contributed by atoms with E-state index in [-0.39, 0.29) is 4.87 Å². The summed E-state index contributed by atoms with van der Waals surface area (Å²) in [5.74, 6) is 0.711. The molecular weight excluding hydrogens is 204 g/mol. The van der Waals surface area contributed by atoms with E-state index in [4.69, 9.17) is 11.6 Å². The zero-order valence-corrected chi connectivity index (χ0v) is 9.93. The molecule has 0 heterocycles. The van der Waals surface area contributed by atoms with E-state index in [0.29, 0.717) is 11.3 Å². The molecule has 2 aliphatic carbocycles. The van der Waals surface area contributed by atoms with Gasteiger partial charge in [-0.2, -0.15) is 0 Å². The van der Waals surface area contributed by atoms with Crippen LogP contribution in [-0.4, -0.2) is 0 Å². The monoisotopic (exact) mass is 220 g/mol. The number of hydrogen-bond acceptors (Lipinski definition) is 0. The summed E-state index contributed by atoms with van der Waals surface area (Å²) in [4.78, 5) is -0.0508. The van der Waals surface area contributed by atoms with Gasteiger partial charge in [0.05, 0.1) is 4.87 Å². The van der Waals surface area contributed by atoms with E-state index in [0.717, 1.165) is 0 Å². The van der Waals surface area contributed by atoms with Crippen LogP contribution in [0, 0.1) is 11.3 Å². The van der Waals surface area contributed by atoms with Crippen molar-refractivity contribution in [3.8, 4) is 0 Å². The summed E-state index contributed by atoms with van der Waals surface area (Å²) < 4.78 is 0. The Bertz CT molecular complexity index is 372. The second-order valence-electron chi connectivity index (χ2n) is 5.29. The maximum atomic E-state index is 6.88. The van der Waals surface area contributed by atoms with Crippen LogP contribution in [0.5, 0.6) is 0 Å². The third kappa shape index (κ3) is 1.09. The van der Waals surface area contributed by atoms with Gasteiger partial charge in [0.15, 0.2) is 0 Å². The van der Waals surface area contributed by atoms with Gasteiger partial charge in [-0.15, -0.1) is 11.6 Å². The lowest BCUT2D eigenvalue weighted by molar-refractivity contribution is 0.362. The number of hydrogen-bond donors (Lipinski definition) is 0. The molecule has 0 N–H and O–H groups in total. The molecule has 2 saturated carbocycles. The number of alkyl halides is 1. The van der Waals surface area contributed by atoms with Crippen molar-refractivity contribution in [3.63, 3.8) is 0 Å². The van der Waals surface area contributed by atoms with Crippen molar-refractivity contribution in [1.82, 2.24) is 0 Å². The Kier molecular flexibility index (Phi) is 1.95. The van der Waals surface area contributed by atoms with Gasteiger partial charge in [0.2, 0.25) is 0 Å². The Morgan fingerprint density at radius 2 is 1.93 bits per heavy atom. The molecule has 0 aliphatic heterocycles. The highest BCUT2D eigenvalue weighted by Gasteiger charge is 2.73. The minimum Gasteiger partial charge on any atom is -0.113 e. The summed E-state index contributed by atoms with van der Waals surface area (Å²) in [6.07, 6.45) is 5.33. The Balaban J connectivity index is 2.00. The SMILES string of the molecule is C[C@]12CCCC[C@H]1[C@]2(Cl)c1ccccc1. The second-order valence-corrected chi connectivity index (χ2v) is 5.89. The topological polar surface area (TPSA) is 0 Å². The van der Waals surface area contributed by atoms with Gasteiger partial charge < -0.3 is 0 Å². The summed E-state index contributed by atoms with van der Waals surface area (Å²) in [6, 6.07) is 10.7. The number of benzene rings is 1. The van der Waals surface area contributed by atoms with Gasteiger partial charge in [0.25, 0.3) is 0 Å². The predicted octanol–water partition coefficient (Wildman–Crippen LogP) is 4.33. The van der Waals surface area contributed by atoms with Crippen molar-refractivity contribution in [1.29, 1.82) is 0 Å². The van der Waals surface area contributed by atoms with Gasteiger partial charge in [-0.25, -0.2) is 0 Å². The lowest BCUT2D eigenvalue weighted by Gasteiger charge is -2.17. The average Bonchev–Trinajstić information content (AvgIpc) is 2.80. The van der Waals surface area contributed by atoms with E-state index < -0.39 is 0 Å². The van der Waals surface area contributed by atoms with Crippen LogP contribution in [0.15, 0.2) is 30.3 Å². The Hall–Kier alpha value is -0.490. The fourth-order valence-electron chi connectivity index (χ4n) is 3.65. The van der Waals surface area contributed by atoms with Crippen LogP contribution in [0.2, 0.25) is 0 Å². The molecule has 0 spiro atoms. The maximum absolute atomic E-state index is 6.88. The van der Waals surface area contributed by atoms with Crippen LogP contribution >= 0.6 is 11.6 Å². The van der Waals surface area contributed by atoms with E-state index >= 15 is 0 Å². The minimum absolute atomic E-state index is 0.0508. The van der Waals surface area contributed by atoms with Gasteiger partial charge in [0, 0.05) is 0 Å². The fourth-order valence-corrected chi connectivity index (χ4v) is 4.30. The molecule has 0 bridgehead atoms. The van der Waals surface area contributed by atoms with E-state index in [9.17, 15) is 0 Å². The highest BCUT2D eigenvalue weighted by atomic mass is 35.5. The number of halogens is 1. The van der Waals surface area contributed by atoms with Crippen LogP contribution < -0.4 is 0 Å². The molecule has 2 aliphatic rings. The van der Waals surface area contributed by atoms with E-state index in [2.05, 4.69) is 37.3 Å². The quantitative estimate of drug-likeness (QED) is 0.618. The Morgan fingerprint density at radius 1 is 1.20 bits per heavy atom. The summed E-state index contributed by atoms with van der Waals surface area (Å²) in [5.41, 5.74) is 1.70. The largest absolute Gasteiger partial charge is 0.113 e. The van der Waals surface area contributed by atoms with Crippen molar-refractivity contribution in [2.45, 2.75) is 37.5 Å². The smallest absolute Gasteiger partial charge is 0.0785 e. The molecule has 0 saturated heterocycles. The molecule has 2 fully saturated rings. The van der Waals surface area contributed by atoms with Crippen LogP contribution in [0.1, 0.15) is 38.2 Å². The lowest BCUT2D eigenvalue weighted by atomic mass is 9.89. The molecule has 0 radical (unpaired) electrons. The molecule has 1 aromatic rings. The maximum Gasteiger partial charge on any atom is 0.0785 e. The minimum atomic E-state index is -0.0508. The number of fused-ring (bicyclic) bond motifs is 1. The van der Waals surface area contributed by atoms with Gasteiger partial charge in [-0.1, -0.05) is 50.1 Å². The van der Waals surface area contributed by atoms with Gasteiger partial charge >= 0.3 is 0 Å². The Labute approximate surface area is 96.6 Å². The molecule has 1 heteroatoms. The highest BCUT2D eigenvalue weighted by molar-refractivity contribution is 6.27. The first kappa shape index (κ1) is 9.72. The van der Waals surface area contributed by atoms with Crippen molar-refractivity contribution in [2.24, 2.45) is 11.3 Å². The molecule has 80 valence electrons.